The second kappa shape index (κ2) is 12.1. The van der Waals surface area contributed by atoms with Crippen molar-refractivity contribution in [2.75, 3.05) is 0 Å². The molecule has 250 valence electrons. The van der Waals surface area contributed by atoms with Crippen LogP contribution in [0.3, 0.4) is 0 Å². The molecule has 0 unspecified atom stereocenters. The molecule has 0 aliphatic carbocycles. The van der Waals surface area contributed by atoms with Crippen LogP contribution in [0.4, 0.5) is 0 Å². The summed E-state index contributed by atoms with van der Waals surface area (Å²) in [4.78, 5) is 20.3. The van der Waals surface area contributed by atoms with Crippen LogP contribution >= 0.6 is 0 Å². The Hall–Kier alpha value is -7.30. The number of benzene rings is 9. The second-order valence-corrected chi connectivity index (χ2v) is 13.8. The van der Waals surface area contributed by atoms with Gasteiger partial charge in [0, 0.05) is 16.5 Å². The first kappa shape index (κ1) is 30.3. The lowest BCUT2D eigenvalue weighted by Crippen LogP contribution is -2.02. The zero-order valence-corrected chi connectivity index (χ0v) is 29.1. The number of fused-ring (bicyclic) bond motifs is 10. The van der Waals surface area contributed by atoms with Crippen LogP contribution in [0.25, 0.3) is 110 Å². The third-order valence-corrected chi connectivity index (χ3v) is 10.7. The van der Waals surface area contributed by atoms with Crippen LogP contribution in [0, 0.1) is 0 Å². The van der Waals surface area contributed by atoms with E-state index in [0.717, 1.165) is 38.4 Å². The molecular formula is C50H30N4. The van der Waals surface area contributed by atoms with Gasteiger partial charge in [-0.3, -0.25) is 0 Å². The Labute approximate surface area is 311 Å². The molecule has 0 saturated carbocycles. The van der Waals surface area contributed by atoms with Crippen molar-refractivity contribution in [1.29, 1.82) is 0 Å². The van der Waals surface area contributed by atoms with Gasteiger partial charge in [-0.2, -0.15) is 0 Å². The highest BCUT2D eigenvalue weighted by Gasteiger charge is 2.18. The summed E-state index contributed by atoms with van der Waals surface area (Å²) in [5, 5.41) is 13.3. The Balaban J connectivity index is 1.10. The molecule has 0 N–H and O–H groups in total. The molecule has 0 fully saturated rings. The van der Waals surface area contributed by atoms with Gasteiger partial charge in [-0.05, 0) is 95.3 Å². The fourth-order valence-electron chi connectivity index (χ4n) is 8.16. The number of hydrogen-bond donors (Lipinski definition) is 0. The lowest BCUT2D eigenvalue weighted by atomic mass is 9.90. The Morgan fingerprint density at radius 3 is 1.54 bits per heavy atom. The normalized spacial score (nSPS) is 11.7. The van der Waals surface area contributed by atoms with Crippen LogP contribution in [-0.2, 0) is 0 Å². The largest absolute Gasteiger partial charge is 0.244 e. The third-order valence-electron chi connectivity index (χ3n) is 10.7. The molecule has 4 heteroatoms. The summed E-state index contributed by atoms with van der Waals surface area (Å²) in [6.45, 7) is 0. The summed E-state index contributed by atoms with van der Waals surface area (Å²) in [5.41, 5.74) is 5.80. The van der Waals surface area contributed by atoms with Gasteiger partial charge in [0.15, 0.2) is 17.5 Å². The minimum Gasteiger partial charge on any atom is -0.244 e. The minimum atomic E-state index is 0.538. The first-order valence-electron chi connectivity index (χ1n) is 18.2. The number of rotatable bonds is 4. The molecule has 4 nitrogen and oxygen atoms in total. The summed E-state index contributed by atoms with van der Waals surface area (Å²) < 4.78 is 0. The SMILES string of the molecule is c1ccc(-c2nc(-c3ccc4c(ccc5ccccc54)n3)nc(-c3ccc(-c4ccc5c6ccccc6c6ccccc6c5c4)c4ccccc34)n2)cc1. The molecule has 11 aromatic rings. The Morgan fingerprint density at radius 1 is 0.259 bits per heavy atom. The van der Waals surface area contributed by atoms with Crippen LogP contribution in [0.1, 0.15) is 0 Å². The molecule has 0 spiro atoms. The van der Waals surface area contributed by atoms with Gasteiger partial charge >= 0.3 is 0 Å². The predicted molar refractivity (Wildman–Crippen MR) is 224 cm³/mol. The van der Waals surface area contributed by atoms with Gasteiger partial charge in [0.25, 0.3) is 0 Å². The molecule has 0 bridgehead atoms. The van der Waals surface area contributed by atoms with E-state index in [4.69, 9.17) is 19.9 Å². The smallest absolute Gasteiger partial charge is 0.182 e. The summed E-state index contributed by atoms with van der Waals surface area (Å²) in [5.74, 6) is 1.76. The molecule has 11 rings (SSSR count). The van der Waals surface area contributed by atoms with Crippen molar-refractivity contribution in [2.45, 2.75) is 0 Å². The lowest BCUT2D eigenvalue weighted by Gasteiger charge is -2.15. The first-order chi connectivity index (χ1) is 26.8. The molecule has 2 aromatic heterocycles. The second-order valence-electron chi connectivity index (χ2n) is 13.8. The molecule has 54 heavy (non-hydrogen) atoms. The molecule has 0 aliphatic rings. The quantitative estimate of drug-likeness (QED) is 0.173. The molecule has 9 aromatic carbocycles. The Morgan fingerprint density at radius 2 is 0.796 bits per heavy atom. The van der Waals surface area contributed by atoms with Crippen LogP contribution in [0.5, 0.6) is 0 Å². The number of nitrogens with zero attached hydrogens (tertiary/aromatic N) is 4. The van der Waals surface area contributed by atoms with E-state index in [9.17, 15) is 0 Å². The van der Waals surface area contributed by atoms with Gasteiger partial charge in [0.05, 0.1) is 5.52 Å². The van der Waals surface area contributed by atoms with Gasteiger partial charge in [-0.1, -0.05) is 152 Å². The van der Waals surface area contributed by atoms with E-state index in [1.165, 1.54) is 48.7 Å². The van der Waals surface area contributed by atoms with Gasteiger partial charge in [-0.15, -0.1) is 0 Å². The highest BCUT2D eigenvalue weighted by molar-refractivity contribution is 6.26. The predicted octanol–water partition coefficient (Wildman–Crippen LogP) is 12.9. The van der Waals surface area contributed by atoms with Crippen LogP contribution < -0.4 is 0 Å². The maximum atomic E-state index is 5.14. The van der Waals surface area contributed by atoms with Gasteiger partial charge in [0.2, 0.25) is 0 Å². The average Bonchev–Trinajstić information content (AvgIpc) is 3.26. The molecule has 0 atom stereocenters. The summed E-state index contributed by atoms with van der Waals surface area (Å²) in [6, 6.07) is 64.2. The monoisotopic (exact) mass is 686 g/mol. The molecule has 0 amide bonds. The molecule has 2 heterocycles. The van der Waals surface area contributed by atoms with Crippen LogP contribution in [0.2, 0.25) is 0 Å². The van der Waals surface area contributed by atoms with E-state index in [0.29, 0.717) is 23.2 Å². The molecular weight excluding hydrogens is 657 g/mol. The van der Waals surface area contributed by atoms with E-state index >= 15 is 0 Å². The lowest BCUT2D eigenvalue weighted by molar-refractivity contribution is 1.06. The van der Waals surface area contributed by atoms with Crippen molar-refractivity contribution in [2.24, 2.45) is 0 Å². The fraction of sp³-hybridized carbons (Fsp3) is 0. The van der Waals surface area contributed by atoms with E-state index in [2.05, 4.69) is 146 Å². The van der Waals surface area contributed by atoms with Gasteiger partial charge < -0.3 is 0 Å². The summed E-state index contributed by atoms with van der Waals surface area (Å²) in [6.07, 6.45) is 0. The van der Waals surface area contributed by atoms with Crippen molar-refractivity contribution >= 4 is 64.8 Å². The van der Waals surface area contributed by atoms with Crippen LogP contribution in [-0.4, -0.2) is 19.9 Å². The Bertz CT molecular complexity index is 3240. The van der Waals surface area contributed by atoms with Crippen molar-refractivity contribution < 1.29 is 0 Å². The number of aromatic nitrogens is 4. The molecule has 0 aliphatic heterocycles. The standard InChI is InChI=1S/C50H30N4/c1-2-13-32(14-3-1)48-52-49(54-50(53-48)47-29-27-43-34-15-5-4-12-31(34)23-28-46(43)51-47)44-26-25-35(36-16-6-10-20-40(36)44)33-22-24-42-39-19-8-7-17-37(39)38-18-9-11-21-41(38)45(42)30-33/h1-30H. The van der Waals surface area contributed by atoms with Gasteiger partial charge in [0.1, 0.15) is 5.69 Å². The topological polar surface area (TPSA) is 51.6 Å². The molecule has 0 radical (unpaired) electrons. The minimum absolute atomic E-state index is 0.538. The highest BCUT2D eigenvalue weighted by atomic mass is 15.0. The van der Waals surface area contributed by atoms with Crippen molar-refractivity contribution in [1.82, 2.24) is 19.9 Å². The van der Waals surface area contributed by atoms with E-state index in [1.807, 2.05) is 36.4 Å². The van der Waals surface area contributed by atoms with Crippen molar-refractivity contribution in [3.05, 3.63) is 182 Å². The van der Waals surface area contributed by atoms with E-state index in [-0.39, 0.29) is 0 Å². The zero-order valence-electron chi connectivity index (χ0n) is 29.1. The highest BCUT2D eigenvalue weighted by Crippen LogP contribution is 2.40. The fourth-order valence-corrected chi connectivity index (χ4v) is 8.16. The maximum Gasteiger partial charge on any atom is 0.182 e. The summed E-state index contributed by atoms with van der Waals surface area (Å²) >= 11 is 0. The summed E-state index contributed by atoms with van der Waals surface area (Å²) in [7, 11) is 0. The Kier molecular flexibility index (Phi) is 6.82. The maximum absolute atomic E-state index is 5.14. The number of hydrogen-bond acceptors (Lipinski definition) is 4. The third kappa shape index (κ3) is 4.85. The first-order valence-corrected chi connectivity index (χ1v) is 18.2. The van der Waals surface area contributed by atoms with E-state index < -0.39 is 0 Å². The van der Waals surface area contributed by atoms with Gasteiger partial charge in [-0.25, -0.2) is 19.9 Å². The zero-order chi connectivity index (χ0) is 35.6. The van der Waals surface area contributed by atoms with E-state index in [1.54, 1.807) is 0 Å². The van der Waals surface area contributed by atoms with Crippen molar-refractivity contribution in [3.8, 4) is 45.4 Å². The van der Waals surface area contributed by atoms with Crippen LogP contribution in [0.15, 0.2) is 182 Å². The van der Waals surface area contributed by atoms with Crippen molar-refractivity contribution in [3.63, 3.8) is 0 Å². The average molecular weight is 687 g/mol. The number of pyridine rings is 1. The molecule has 0 saturated heterocycles.